The maximum atomic E-state index is 12.8. The Morgan fingerprint density at radius 1 is 1.15 bits per heavy atom. The van der Waals surface area contributed by atoms with E-state index in [-0.39, 0.29) is 5.69 Å². The lowest BCUT2D eigenvalue weighted by Crippen LogP contribution is -2.27. The summed E-state index contributed by atoms with van der Waals surface area (Å²) in [4.78, 5) is 12.3. The molecule has 0 radical (unpaired) electrons. The van der Waals surface area contributed by atoms with Crippen LogP contribution in [0.2, 0.25) is 0 Å². The highest BCUT2D eigenvalue weighted by atomic mass is 19.4. The molecule has 1 unspecified atom stereocenters. The van der Waals surface area contributed by atoms with E-state index >= 15 is 0 Å². The van der Waals surface area contributed by atoms with Crippen LogP contribution in [0.1, 0.15) is 34.7 Å². The molecular weight excluding hydrogens is 345 g/mol. The van der Waals surface area contributed by atoms with Crippen molar-refractivity contribution in [3.05, 3.63) is 71.8 Å². The Hall–Kier alpha value is -3.03. The van der Waals surface area contributed by atoms with Crippen LogP contribution in [0.15, 0.2) is 54.9 Å². The van der Waals surface area contributed by atoms with Crippen LogP contribution in [0.4, 0.5) is 13.2 Å². The Kier molecular flexibility index (Phi) is 4.58. The Labute approximate surface area is 148 Å². The molecule has 0 spiro atoms. The summed E-state index contributed by atoms with van der Waals surface area (Å²) in [6.07, 6.45) is -0.763. The van der Waals surface area contributed by atoms with E-state index in [4.69, 9.17) is 0 Å². The average Bonchev–Trinajstić information content (AvgIpc) is 3.24. The first-order chi connectivity index (χ1) is 12.3. The van der Waals surface area contributed by atoms with Gasteiger partial charge in [-0.3, -0.25) is 9.48 Å². The van der Waals surface area contributed by atoms with Gasteiger partial charge in [-0.2, -0.15) is 18.3 Å². The van der Waals surface area contributed by atoms with E-state index in [1.165, 1.54) is 0 Å². The van der Waals surface area contributed by atoms with Crippen molar-refractivity contribution in [3.63, 3.8) is 0 Å². The van der Waals surface area contributed by atoms with Gasteiger partial charge in [0, 0.05) is 31.2 Å². The first-order valence-corrected chi connectivity index (χ1v) is 7.91. The van der Waals surface area contributed by atoms with Crippen LogP contribution >= 0.6 is 0 Å². The van der Waals surface area contributed by atoms with Crippen molar-refractivity contribution in [2.75, 3.05) is 0 Å². The van der Waals surface area contributed by atoms with Gasteiger partial charge in [0.1, 0.15) is 5.69 Å². The van der Waals surface area contributed by atoms with Crippen LogP contribution in [0.5, 0.6) is 0 Å². The van der Waals surface area contributed by atoms with Gasteiger partial charge in [-0.1, -0.05) is 12.1 Å². The monoisotopic (exact) mass is 362 g/mol. The molecule has 1 atom stereocenters. The van der Waals surface area contributed by atoms with Crippen LogP contribution in [0.25, 0.3) is 5.69 Å². The van der Waals surface area contributed by atoms with E-state index in [0.717, 1.165) is 24.4 Å². The number of benzene rings is 1. The van der Waals surface area contributed by atoms with Gasteiger partial charge in [0.15, 0.2) is 5.69 Å². The lowest BCUT2D eigenvalue weighted by molar-refractivity contribution is -0.143. The molecule has 0 saturated heterocycles. The highest BCUT2D eigenvalue weighted by molar-refractivity contribution is 5.92. The SMILES string of the molecule is CC(NC(=O)c1cc(C(F)(F)F)n(C)n1)c1cccc(-n2cccc2)c1. The summed E-state index contributed by atoms with van der Waals surface area (Å²) in [7, 11) is 1.16. The number of alkyl halides is 3. The topological polar surface area (TPSA) is 51.9 Å². The molecule has 2 heterocycles. The molecule has 5 nitrogen and oxygen atoms in total. The fraction of sp³-hybridized carbons (Fsp3) is 0.222. The predicted octanol–water partition coefficient (Wildman–Crippen LogP) is 3.72. The summed E-state index contributed by atoms with van der Waals surface area (Å²) < 4.78 is 41.1. The number of amides is 1. The second-order valence-electron chi connectivity index (χ2n) is 5.92. The van der Waals surface area contributed by atoms with Crippen molar-refractivity contribution in [2.45, 2.75) is 19.1 Å². The molecule has 2 aromatic heterocycles. The van der Waals surface area contributed by atoms with E-state index in [0.29, 0.717) is 4.68 Å². The fourth-order valence-electron chi connectivity index (χ4n) is 2.66. The molecule has 1 amide bonds. The van der Waals surface area contributed by atoms with Crippen molar-refractivity contribution >= 4 is 5.91 Å². The quantitative estimate of drug-likeness (QED) is 0.769. The number of rotatable bonds is 4. The molecule has 136 valence electrons. The highest BCUT2D eigenvalue weighted by Gasteiger charge is 2.35. The van der Waals surface area contributed by atoms with Gasteiger partial charge in [0.05, 0.1) is 6.04 Å². The molecule has 0 saturated carbocycles. The average molecular weight is 362 g/mol. The van der Waals surface area contributed by atoms with E-state index in [1.54, 1.807) is 6.92 Å². The Morgan fingerprint density at radius 2 is 1.85 bits per heavy atom. The number of aromatic nitrogens is 3. The zero-order chi connectivity index (χ0) is 18.9. The van der Waals surface area contributed by atoms with E-state index < -0.39 is 23.8 Å². The number of hydrogen-bond donors (Lipinski definition) is 1. The minimum Gasteiger partial charge on any atom is -0.344 e. The number of aryl methyl sites for hydroxylation is 1. The molecule has 0 aliphatic heterocycles. The summed E-state index contributed by atoms with van der Waals surface area (Å²) in [5.41, 5.74) is 0.514. The maximum Gasteiger partial charge on any atom is 0.433 e. The molecule has 3 rings (SSSR count). The van der Waals surface area contributed by atoms with Crippen LogP contribution in [0.3, 0.4) is 0 Å². The van der Waals surface area contributed by atoms with E-state index in [1.807, 2.05) is 53.4 Å². The Bertz CT molecular complexity index is 913. The lowest BCUT2D eigenvalue weighted by Gasteiger charge is -2.15. The molecule has 26 heavy (non-hydrogen) atoms. The molecule has 8 heteroatoms. The lowest BCUT2D eigenvalue weighted by atomic mass is 10.1. The second kappa shape index (κ2) is 6.70. The molecule has 1 N–H and O–H groups in total. The predicted molar refractivity (Wildman–Crippen MR) is 89.9 cm³/mol. The van der Waals surface area contributed by atoms with Crippen molar-refractivity contribution in [1.29, 1.82) is 0 Å². The van der Waals surface area contributed by atoms with Crippen LogP contribution in [-0.2, 0) is 13.2 Å². The summed E-state index contributed by atoms with van der Waals surface area (Å²) >= 11 is 0. The first-order valence-electron chi connectivity index (χ1n) is 7.91. The zero-order valence-corrected chi connectivity index (χ0v) is 14.2. The minimum atomic E-state index is -4.56. The Balaban J connectivity index is 1.77. The van der Waals surface area contributed by atoms with E-state index in [9.17, 15) is 18.0 Å². The van der Waals surface area contributed by atoms with Gasteiger partial charge >= 0.3 is 6.18 Å². The number of nitrogens with one attached hydrogen (secondary N) is 1. The number of carbonyl (C=O) groups excluding carboxylic acids is 1. The molecule has 0 aliphatic carbocycles. The van der Waals surface area contributed by atoms with Gasteiger partial charge in [-0.25, -0.2) is 0 Å². The van der Waals surface area contributed by atoms with Crippen LogP contribution in [0, 0.1) is 0 Å². The Morgan fingerprint density at radius 3 is 2.46 bits per heavy atom. The third-order valence-electron chi connectivity index (χ3n) is 4.02. The normalized spacial score (nSPS) is 12.8. The molecular formula is C18H17F3N4O. The summed E-state index contributed by atoms with van der Waals surface area (Å²) in [5, 5.41) is 6.35. The summed E-state index contributed by atoms with van der Waals surface area (Å²) in [6.45, 7) is 1.76. The molecule has 0 aliphatic rings. The van der Waals surface area contributed by atoms with Gasteiger partial charge in [-0.15, -0.1) is 0 Å². The highest BCUT2D eigenvalue weighted by Crippen LogP contribution is 2.29. The van der Waals surface area contributed by atoms with Crippen molar-refractivity contribution in [1.82, 2.24) is 19.7 Å². The number of halogens is 3. The second-order valence-corrected chi connectivity index (χ2v) is 5.92. The first kappa shape index (κ1) is 17.8. The van der Waals surface area contributed by atoms with Gasteiger partial charge < -0.3 is 9.88 Å². The van der Waals surface area contributed by atoms with Crippen molar-refractivity contribution in [2.24, 2.45) is 7.05 Å². The zero-order valence-electron chi connectivity index (χ0n) is 14.2. The molecule has 3 aromatic rings. The van der Waals surface area contributed by atoms with Crippen molar-refractivity contribution in [3.8, 4) is 5.69 Å². The third-order valence-corrected chi connectivity index (χ3v) is 4.02. The van der Waals surface area contributed by atoms with Crippen molar-refractivity contribution < 1.29 is 18.0 Å². The third kappa shape index (κ3) is 3.63. The van der Waals surface area contributed by atoms with Gasteiger partial charge in [-0.05, 0) is 36.8 Å². The summed E-state index contributed by atoms with van der Waals surface area (Å²) in [5.74, 6) is -0.657. The van der Waals surface area contributed by atoms with Crippen LogP contribution < -0.4 is 5.32 Å². The maximum absolute atomic E-state index is 12.8. The number of nitrogens with zero attached hydrogens (tertiary/aromatic N) is 3. The van der Waals surface area contributed by atoms with Crippen LogP contribution in [-0.4, -0.2) is 20.3 Å². The largest absolute Gasteiger partial charge is 0.433 e. The van der Waals surface area contributed by atoms with E-state index in [2.05, 4.69) is 10.4 Å². The fourth-order valence-corrected chi connectivity index (χ4v) is 2.66. The standard InChI is InChI=1S/C18H17F3N4O/c1-12(13-6-5-7-14(10-13)25-8-3-4-9-25)22-17(26)15-11-16(18(19,20)21)24(2)23-15/h3-12H,1-2H3,(H,22,26). The van der Waals surface area contributed by atoms with Gasteiger partial charge in [0.25, 0.3) is 5.91 Å². The molecule has 0 bridgehead atoms. The number of carbonyl (C=O) groups is 1. The van der Waals surface area contributed by atoms with Gasteiger partial charge in [0.2, 0.25) is 0 Å². The number of hydrogen-bond acceptors (Lipinski definition) is 2. The smallest absolute Gasteiger partial charge is 0.344 e. The molecule has 0 fully saturated rings. The molecule has 1 aromatic carbocycles. The summed E-state index contributed by atoms with van der Waals surface area (Å²) in [6, 6.07) is 11.7. The minimum absolute atomic E-state index is 0.270.